The number of aromatic nitrogens is 6. The highest BCUT2D eigenvalue weighted by molar-refractivity contribution is 6.31. The molecule has 0 spiro atoms. The van der Waals surface area contributed by atoms with Crippen molar-refractivity contribution in [1.82, 2.24) is 50.0 Å². The number of imidazole rings is 1. The number of hydrogen-bond donors (Lipinski definition) is 5. The monoisotopic (exact) mass is 1030 g/mol. The number of imide groups is 1. The van der Waals surface area contributed by atoms with E-state index in [0.29, 0.717) is 76.1 Å². The molecule has 0 radical (unpaired) electrons. The van der Waals surface area contributed by atoms with Crippen LogP contribution < -0.4 is 21.7 Å². The van der Waals surface area contributed by atoms with Crippen molar-refractivity contribution in [2.45, 2.75) is 91.5 Å². The van der Waals surface area contributed by atoms with Gasteiger partial charge in [-0.05, 0) is 92.1 Å². The number of ether oxygens (including phenoxy) is 1. The average Bonchev–Trinajstić information content (AvgIpc) is 4.12. The number of Topliss-reactive ketones (excluding diaryl/α,β-unsaturated/α-hetero) is 1. The quantitative estimate of drug-likeness (QED) is 0.0285. The van der Waals surface area contributed by atoms with Crippen LogP contribution in [0.15, 0.2) is 104 Å². The van der Waals surface area contributed by atoms with E-state index in [1.807, 2.05) is 55.6 Å². The minimum Gasteiger partial charge on any atom is -0.445 e. The highest BCUT2D eigenvalue weighted by Gasteiger charge is 2.30. The van der Waals surface area contributed by atoms with Crippen LogP contribution in [0.1, 0.15) is 81.4 Å². The Balaban J connectivity index is 0.987. The second-order valence-corrected chi connectivity index (χ2v) is 18.7. The van der Waals surface area contributed by atoms with Gasteiger partial charge in [-0.15, -0.1) is 0 Å². The topological polar surface area (TPSA) is 269 Å². The summed E-state index contributed by atoms with van der Waals surface area (Å²) in [4.78, 5) is 110. The van der Waals surface area contributed by atoms with Gasteiger partial charge in [-0.25, -0.2) is 24.1 Å². The summed E-state index contributed by atoms with van der Waals surface area (Å²) in [6.07, 6.45) is 7.27. The Morgan fingerprint density at radius 1 is 0.878 bits per heavy atom. The predicted octanol–water partition coefficient (Wildman–Crippen LogP) is 7.07. The molecule has 0 bridgehead atoms. The van der Waals surface area contributed by atoms with Crippen molar-refractivity contribution in [3.63, 3.8) is 0 Å². The van der Waals surface area contributed by atoms with E-state index in [-0.39, 0.29) is 81.5 Å². The highest BCUT2D eigenvalue weighted by Crippen LogP contribution is 2.31. The molecule has 6 N–H and O–H groups in total. The van der Waals surface area contributed by atoms with E-state index in [1.54, 1.807) is 54.8 Å². The first-order chi connectivity index (χ1) is 35.6. The number of carbonyl (C=O) groups is 7. The lowest BCUT2D eigenvalue weighted by Gasteiger charge is -2.24. The van der Waals surface area contributed by atoms with Crippen LogP contribution in [-0.2, 0) is 48.4 Å². The van der Waals surface area contributed by atoms with Crippen LogP contribution in [0.5, 0.6) is 0 Å². The first kappa shape index (κ1) is 53.5. The summed E-state index contributed by atoms with van der Waals surface area (Å²) in [6.45, 7) is 5.96. The Morgan fingerprint density at radius 2 is 1.65 bits per heavy atom. The lowest BCUT2D eigenvalue weighted by Crippen LogP contribution is -2.45. The second kappa shape index (κ2) is 25.4. The minimum atomic E-state index is -0.860. The van der Waals surface area contributed by atoms with Gasteiger partial charge in [0.15, 0.2) is 11.4 Å². The third kappa shape index (κ3) is 14.7. The van der Waals surface area contributed by atoms with E-state index in [2.05, 4.69) is 31.0 Å². The maximum atomic E-state index is 14.1. The van der Waals surface area contributed by atoms with Crippen molar-refractivity contribution in [3.8, 4) is 22.6 Å². The number of benzene rings is 2. The van der Waals surface area contributed by atoms with E-state index in [9.17, 15) is 33.6 Å². The maximum Gasteiger partial charge on any atom is 0.410 e. The molecule has 74 heavy (non-hydrogen) atoms. The Morgan fingerprint density at radius 3 is 2.38 bits per heavy atom. The van der Waals surface area contributed by atoms with E-state index in [1.165, 1.54) is 23.4 Å². The number of nitrogens with one attached hydrogen (secondary N) is 4. The molecule has 20 nitrogen and oxygen atoms in total. The van der Waals surface area contributed by atoms with Gasteiger partial charge in [0.1, 0.15) is 18.8 Å². The molecule has 0 saturated heterocycles. The van der Waals surface area contributed by atoms with Gasteiger partial charge < -0.3 is 31.4 Å². The molecule has 5 heterocycles. The fourth-order valence-electron chi connectivity index (χ4n) is 8.40. The van der Waals surface area contributed by atoms with Gasteiger partial charge in [0, 0.05) is 72.2 Å². The molecule has 1 aliphatic rings. The maximum absolute atomic E-state index is 14.1. The lowest BCUT2D eigenvalue weighted by atomic mass is 9.89. The summed E-state index contributed by atoms with van der Waals surface area (Å²) in [6, 6.07) is 21.8. The van der Waals surface area contributed by atoms with Crippen LogP contribution in [0.2, 0.25) is 5.02 Å². The van der Waals surface area contributed by atoms with E-state index >= 15 is 0 Å². The summed E-state index contributed by atoms with van der Waals surface area (Å²) in [5, 5.41) is 13.0. The molecule has 4 aromatic heterocycles. The molecular formula is C53H59ClN12O8. The van der Waals surface area contributed by atoms with Gasteiger partial charge >= 0.3 is 12.1 Å². The fraction of sp³-hybridized carbons (Fsp3) is 0.340. The average molecular weight is 1030 g/mol. The number of pyridine rings is 2. The van der Waals surface area contributed by atoms with Crippen molar-refractivity contribution in [2.24, 2.45) is 17.6 Å². The Labute approximate surface area is 432 Å². The van der Waals surface area contributed by atoms with Crippen LogP contribution in [0.25, 0.3) is 28.3 Å². The lowest BCUT2D eigenvalue weighted by molar-refractivity contribution is -0.137. The van der Waals surface area contributed by atoms with Crippen LogP contribution in [-0.4, -0.2) is 100 Å². The number of fused-ring (bicyclic) bond motifs is 1. The van der Waals surface area contributed by atoms with Gasteiger partial charge in [0.2, 0.25) is 11.8 Å². The van der Waals surface area contributed by atoms with E-state index < -0.39 is 30.0 Å². The second-order valence-electron chi connectivity index (χ2n) is 18.3. The third-order valence-electron chi connectivity index (χ3n) is 12.3. The Kier molecular flexibility index (Phi) is 18.4. The Hall–Kier alpha value is -8.26. The number of anilines is 1. The molecule has 2 aromatic carbocycles. The number of halogens is 1. The number of aryl methyl sites for hydroxylation is 1. The van der Waals surface area contributed by atoms with Gasteiger partial charge in [0.25, 0.3) is 11.8 Å². The van der Waals surface area contributed by atoms with Crippen molar-refractivity contribution in [1.29, 1.82) is 0 Å². The fourth-order valence-corrected chi connectivity index (χ4v) is 8.59. The van der Waals surface area contributed by atoms with Gasteiger partial charge in [0.05, 0.1) is 36.2 Å². The smallest absolute Gasteiger partial charge is 0.410 e. The number of carbonyl (C=O) groups excluding carboxylic acids is 7. The van der Waals surface area contributed by atoms with Gasteiger partial charge in [-0.3, -0.25) is 38.8 Å². The van der Waals surface area contributed by atoms with Crippen molar-refractivity contribution < 1.29 is 38.3 Å². The van der Waals surface area contributed by atoms with Crippen molar-refractivity contribution in [2.75, 3.05) is 18.4 Å². The number of rotatable bonds is 25. The van der Waals surface area contributed by atoms with Gasteiger partial charge in [-0.2, -0.15) is 5.10 Å². The summed E-state index contributed by atoms with van der Waals surface area (Å²) in [7, 11) is 0. The zero-order valence-electron chi connectivity index (χ0n) is 41.4. The highest BCUT2D eigenvalue weighted by atomic mass is 35.5. The summed E-state index contributed by atoms with van der Waals surface area (Å²) in [5.74, 6) is -2.43. The molecule has 0 aliphatic carbocycles. The van der Waals surface area contributed by atoms with Gasteiger partial charge in [-0.1, -0.05) is 68.3 Å². The SMILES string of the molecule is Cc1cccc(-c2[nH]c(CN(Cc3ccccc3Cl)C(=O)OCc3ccc(NC(=O)[C@H](CCCNC(N)=O)CC(=O)[C@@H](NC(=O)CCCCCN4C(=O)C=CC4=O)C(C)C)cc3)nc2-c2ccc3ncnn3c2)n1. The molecule has 0 saturated carbocycles. The molecule has 2 atom stereocenters. The van der Waals surface area contributed by atoms with E-state index in [4.69, 9.17) is 32.0 Å². The summed E-state index contributed by atoms with van der Waals surface area (Å²) >= 11 is 6.60. The van der Waals surface area contributed by atoms with Crippen LogP contribution in [0, 0.1) is 18.8 Å². The van der Waals surface area contributed by atoms with Crippen molar-refractivity contribution >= 4 is 64.5 Å². The van der Waals surface area contributed by atoms with Crippen molar-refractivity contribution in [3.05, 3.63) is 131 Å². The normalized spacial score (nSPS) is 13.0. The van der Waals surface area contributed by atoms with Crippen LogP contribution in [0.4, 0.5) is 15.3 Å². The number of urea groups is 1. The number of nitrogens with two attached hydrogens (primary N) is 1. The number of ketones is 1. The minimum absolute atomic E-state index is 0.0130. The zero-order valence-corrected chi connectivity index (χ0v) is 42.1. The first-order valence-electron chi connectivity index (χ1n) is 24.4. The third-order valence-corrected chi connectivity index (χ3v) is 12.7. The number of amides is 7. The molecule has 6 aromatic rings. The summed E-state index contributed by atoms with van der Waals surface area (Å²) in [5.41, 5.74) is 11.1. The standard InChI is InChI=1S/C53H59ClN12O8/c1-33(2)48(63-45(68)16-5-4-8-26-65-46(69)23-24-47(65)70)42(67)27-36(13-10-25-56-52(55)72)51(71)60-39-20-17-35(18-21-39)31-74-53(73)64(28-37-12-6-7-14-40(37)54)30-43-61-49(38-19-22-44-57-32-58-66(44)29-38)50(62-43)41-15-9-11-34(3)59-41/h6-7,9,11-12,14-15,17-24,29,32-33,36,48H,4-5,8,10,13,16,25-28,30-31H2,1-3H3,(H,60,71)(H,61,62)(H,63,68)(H3,55,56,72)/t36-,48+/m1/s1. The van der Waals surface area contributed by atoms with Crippen LogP contribution in [0.3, 0.4) is 0 Å². The number of nitrogens with zero attached hydrogens (tertiary/aromatic N) is 7. The molecule has 0 fully saturated rings. The zero-order chi connectivity index (χ0) is 52.7. The molecule has 1 aliphatic heterocycles. The summed E-state index contributed by atoms with van der Waals surface area (Å²) < 4.78 is 7.54. The molecule has 7 rings (SSSR count). The Bertz CT molecular complexity index is 3010. The number of H-pyrrole nitrogens is 1. The number of hydrogen-bond acceptors (Lipinski definition) is 12. The predicted molar refractivity (Wildman–Crippen MR) is 276 cm³/mol. The molecule has 21 heteroatoms. The van der Waals surface area contributed by atoms with Crippen LogP contribution >= 0.6 is 11.6 Å². The number of aromatic amines is 1. The molecule has 7 amide bonds. The first-order valence-corrected chi connectivity index (χ1v) is 24.8. The largest absolute Gasteiger partial charge is 0.445 e. The molecular weight excluding hydrogens is 968 g/mol. The molecule has 0 unspecified atom stereocenters. The molecule has 386 valence electrons. The number of primary amides is 1. The number of unbranched alkanes of at least 4 members (excludes halogenated alkanes) is 2. The van der Waals surface area contributed by atoms with E-state index in [0.717, 1.165) is 16.2 Å².